The smallest absolute Gasteiger partial charge is 0.332 e. The number of pyridine rings is 1. The summed E-state index contributed by atoms with van der Waals surface area (Å²) in [6.07, 6.45) is 1.33. The number of urea groups is 1. The Balaban J connectivity index is 1.27. The van der Waals surface area contributed by atoms with Crippen LogP contribution in [0.4, 0.5) is 4.79 Å². The van der Waals surface area contributed by atoms with Gasteiger partial charge in [0.05, 0.1) is 24.9 Å². The monoisotopic (exact) mass is 621 g/mol. The molecule has 1 aliphatic heterocycles. The van der Waals surface area contributed by atoms with E-state index in [1.54, 1.807) is 7.11 Å². The molecule has 6 rings (SSSR count). The Morgan fingerprint density at radius 3 is 2.48 bits per heavy atom. The van der Waals surface area contributed by atoms with Gasteiger partial charge in [0.25, 0.3) is 0 Å². The quantitative estimate of drug-likeness (QED) is 0.144. The number of nitrogens with zero attached hydrogens (tertiary/aromatic N) is 2. The van der Waals surface area contributed by atoms with E-state index in [4.69, 9.17) is 14.5 Å². The topological polar surface area (TPSA) is 142 Å². The van der Waals surface area contributed by atoms with Crippen LogP contribution in [-0.2, 0) is 16.1 Å². The SMILES string of the molecule is C=CC1C[C@@]1(NC(=O)[C@@H]1C[C@@H](Oc2cc(-c3ccccc3)nc3cc(OC)ccc23)CN1C(=O)NNCc1ccccc1)C(=O)O. The van der Waals surface area contributed by atoms with Crippen LogP contribution in [0.25, 0.3) is 22.2 Å². The van der Waals surface area contributed by atoms with Gasteiger partial charge in [-0.3, -0.25) is 10.2 Å². The molecule has 1 aliphatic carbocycles. The summed E-state index contributed by atoms with van der Waals surface area (Å²) < 4.78 is 12.0. The summed E-state index contributed by atoms with van der Waals surface area (Å²) in [5.41, 5.74) is 7.37. The number of aliphatic carboxylic acids is 1. The Hall–Kier alpha value is -5.42. The van der Waals surface area contributed by atoms with Gasteiger partial charge in [0.2, 0.25) is 5.91 Å². The molecule has 236 valence electrons. The molecule has 0 spiro atoms. The number of aromatic nitrogens is 1. The third kappa shape index (κ3) is 6.22. The lowest BCUT2D eigenvalue weighted by atomic mass is 10.1. The highest BCUT2D eigenvalue weighted by atomic mass is 16.5. The zero-order valence-electron chi connectivity index (χ0n) is 25.3. The molecular weight excluding hydrogens is 586 g/mol. The molecule has 0 radical (unpaired) electrons. The predicted molar refractivity (Wildman–Crippen MR) is 172 cm³/mol. The molecule has 2 fully saturated rings. The molecule has 0 bridgehead atoms. The predicted octanol–water partition coefficient (Wildman–Crippen LogP) is 4.29. The fraction of sp³-hybridized carbons (Fsp3) is 0.257. The number of carboxylic acids is 1. The van der Waals surface area contributed by atoms with E-state index in [0.717, 1.165) is 16.5 Å². The summed E-state index contributed by atoms with van der Waals surface area (Å²) in [5.74, 6) is -0.913. The van der Waals surface area contributed by atoms with Gasteiger partial charge in [-0.05, 0) is 24.1 Å². The number of carboxylic acid groups (broad SMARTS) is 1. The highest BCUT2D eigenvalue weighted by molar-refractivity contribution is 5.95. The summed E-state index contributed by atoms with van der Waals surface area (Å²) in [6, 6.07) is 25.1. The molecule has 46 heavy (non-hydrogen) atoms. The molecular formula is C35H35N5O6. The van der Waals surface area contributed by atoms with Gasteiger partial charge in [-0.1, -0.05) is 66.7 Å². The zero-order chi connectivity index (χ0) is 32.3. The number of amides is 3. The molecule has 3 aromatic carbocycles. The lowest BCUT2D eigenvalue weighted by Gasteiger charge is -2.25. The summed E-state index contributed by atoms with van der Waals surface area (Å²) in [4.78, 5) is 45.5. The standard InChI is InChI=1S/C35H35N5O6/c1-3-24-19-35(24,33(42)43)38-32(41)30-17-26(21-40(30)34(44)39-36-20-22-10-6-4-7-11-22)46-31-18-28(23-12-8-5-9-13-23)37-29-16-25(45-2)14-15-27(29)31/h3-16,18,24,26,30,36H,1,17,19-21H2,2H3,(H,38,41)(H,39,44)(H,42,43)/t24?,26-,30+,35+/m1/s1. The Kier molecular flexibility index (Phi) is 8.58. The van der Waals surface area contributed by atoms with E-state index >= 15 is 0 Å². The third-order valence-corrected chi connectivity index (χ3v) is 8.53. The van der Waals surface area contributed by atoms with Crippen LogP contribution >= 0.6 is 0 Å². The van der Waals surface area contributed by atoms with E-state index in [1.807, 2.05) is 84.9 Å². The number of ether oxygens (including phenoxy) is 2. The van der Waals surface area contributed by atoms with Gasteiger partial charge >= 0.3 is 12.0 Å². The maximum atomic E-state index is 13.7. The van der Waals surface area contributed by atoms with Crippen molar-refractivity contribution in [3.63, 3.8) is 0 Å². The minimum atomic E-state index is -1.43. The summed E-state index contributed by atoms with van der Waals surface area (Å²) >= 11 is 0. The maximum absolute atomic E-state index is 13.7. The van der Waals surface area contributed by atoms with E-state index in [2.05, 4.69) is 22.7 Å². The Bertz CT molecular complexity index is 1770. The van der Waals surface area contributed by atoms with Crippen molar-refractivity contribution in [3.05, 3.63) is 103 Å². The number of methoxy groups -OCH3 is 1. The molecule has 11 nitrogen and oxygen atoms in total. The van der Waals surface area contributed by atoms with E-state index in [9.17, 15) is 19.5 Å². The van der Waals surface area contributed by atoms with Crippen LogP contribution in [0, 0.1) is 5.92 Å². The van der Waals surface area contributed by atoms with Gasteiger partial charge < -0.3 is 24.8 Å². The second-order valence-electron chi connectivity index (χ2n) is 11.5. The number of hydrazine groups is 1. The van der Waals surface area contributed by atoms with Gasteiger partial charge in [-0.2, -0.15) is 0 Å². The highest BCUT2D eigenvalue weighted by Gasteiger charge is 2.61. The van der Waals surface area contributed by atoms with Crippen LogP contribution in [0.3, 0.4) is 0 Å². The van der Waals surface area contributed by atoms with Gasteiger partial charge in [0.15, 0.2) is 0 Å². The minimum Gasteiger partial charge on any atom is -0.497 e. The molecule has 11 heteroatoms. The maximum Gasteiger partial charge on any atom is 0.332 e. The average Bonchev–Trinajstić information content (AvgIpc) is 3.64. The number of hydrogen-bond donors (Lipinski definition) is 4. The number of carbonyl (C=O) groups is 3. The molecule has 1 saturated heterocycles. The molecule has 1 unspecified atom stereocenters. The number of carbonyl (C=O) groups excluding carboxylic acids is 2. The van der Waals surface area contributed by atoms with Crippen molar-refractivity contribution in [2.45, 2.75) is 37.1 Å². The molecule has 2 aliphatic rings. The number of hydrogen-bond acceptors (Lipinski definition) is 7. The molecule has 4 aromatic rings. The molecule has 4 atom stereocenters. The first-order chi connectivity index (χ1) is 22.3. The second kappa shape index (κ2) is 12.9. The average molecular weight is 622 g/mol. The van der Waals surface area contributed by atoms with Crippen LogP contribution in [0.15, 0.2) is 97.6 Å². The van der Waals surface area contributed by atoms with Gasteiger partial charge in [0.1, 0.15) is 29.2 Å². The van der Waals surface area contributed by atoms with Crippen molar-refractivity contribution in [1.29, 1.82) is 0 Å². The summed E-state index contributed by atoms with van der Waals surface area (Å²) in [6.45, 7) is 4.16. The first-order valence-corrected chi connectivity index (χ1v) is 15.0. The van der Waals surface area contributed by atoms with Crippen LogP contribution in [0.2, 0.25) is 0 Å². The highest BCUT2D eigenvalue weighted by Crippen LogP contribution is 2.45. The van der Waals surface area contributed by atoms with Crippen molar-refractivity contribution < 1.29 is 29.0 Å². The van der Waals surface area contributed by atoms with Gasteiger partial charge in [-0.25, -0.2) is 20.0 Å². The van der Waals surface area contributed by atoms with E-state index in [1.165, 1.54) is 11.0 Å². The number of fused-ring (bicyclic) bond motifs is 1. The fourth-order valence-electron chi connectivity index (χ4n) is 5.90. The fourth-order valence-corrected chi connectivity index (χ4v) is 5.90. The third-order valence-electron chi connectivity index (χ3n) is 8.53. The lowest BCUT2D eigenvalue weighted by Crippen LogP contribution is -2.55. The molecule has 1 saturated carbocycles. The second-order valence-corrected chi connectivity index (χ2v) is 11.5. The molecule has 1 aromatic heterocycles. The van der Waals surface area contributed by atoms with Crippen LogP contribution in [0.1, 0.15) is 18.4 Å². The van der Waals surface area contributed by atoms with Crippen LogP contribution in [-0.4, -0.2) is 64.2 Å². The summed E-state index contributed by atoms with van der Waals surface area (Å²) in [5, 5.41) is 13.3. The Morgan fingerprint density at radius 2 is 1.80 bits per heavy atom. The van der Waals surface area contributed by atoms with Gasteiger partial charge in [0, 0.05) is 42.0 Å². The zero-order valence-corrected chi connectivity index (χ0v) is 25.3. The van der Waals surface area contributed by atoms with E-state index in [0.29, 0.717) is 29.3 Å². The first-order valence-electron chi connectivity index (χ1n) is 15.0. The lowest BCUT2D eigenvalue weighted by molar-refractivity contribution is -0.144. The normalized spacial score (nSPS) is 21.8. The van der Waals surface area contributed by atoms with Crippen molar-refractivity contribution in [1.82, 2.24) is 26.1 Å². The molecule has 3 amide bonds. The van der Waals surface area contributed by atoms with Crippen LogP contribution in [0.5, 0.6) is 11.5 Å². The van der Waals surface area contributed by atoms with Crippen LogP contribution < -0.4 is 25.6 Å². The molecule has 2 heterocycles. The van der Waals surface area contributed by atoms with E-state index in [-0.39, 0.29) is 19.4 Å². The largest absolute Gasteiger partial charge is 0.497 e. The summed E-state index contributed by atoms with van der Waals surface area (Å²) in [7, 11) is 1.59. The number of likely N-dealkylation sites (tertiary alicyclic amines) is 1. The van der Waals surface area contributed by atoms with Crippen molar-refractivity contribution in [2.24, 2.45) is 5.92 Å². The van der Waals surface area contributed by atoms with Crippen molar-refractivity contribution in [3.8, 4) is 22.8 Å². The van der Waals surface area contributed by atoms with E-state index < -0.39 is 41.5 Å². The first kappa shape index (κ1) is 30.6. The molecule has 4 N–H and O–H groups in total. The number of nitrogens with one attached hydrogen (secondary N) is 3. The van der Waals surface area contributed by atoms with Crippen molar-refractivity contribution in [2.75, 3.05) is 13.7 Å². The number of benzene rings is 3. The Morgan fingerprint density at radius 1 is 1.07 bits per heavy atom. The van der Waals surface area contributed by atoms with Crippen molar-refractivity contribution >= 4 is 28.8 Å². The number of rotatable bonds is 11. The van der Waals surface area contributed by atoms with Gasteiger partial charge in [-0.15, -0.1) is 6.58 Å². The Labute approximate surface area is 266 Å². The minimum absolute atomic E-state index is 0.0858.